The SMILES string of the molecule is Cc1ccc(NC(=O)C(=O)NCC(O)c2ccc3c(ccn3C)c2)cc1C. The molecule has 6 nitrogen and oxygen atoms in total. The van der Waals surface area contributed by atoms with Gasteiger partial charge < -0.3 is 20.3 Å². The normalized spacial score (nSPS) is 12.0. The molecule has 0 aliphatic carbocycles. The molecule has 0 aliphatic rings. The van der Waals surface area contributed by atoms with Crippen LogP contribution in [0.1, 0.15) is 22.8 Å². The largest absolute Gasteiger partial charge is 0.387 e. The van der Waals surface area contributed by atoms with Crippen LogP contribution in [0.4, 0.5) is 5.69 Å². The van der Waals surface area contributed by atoms with Crippen LogP contribution in [-0.2, 0) is 16.6 Å². The molecule has 27 heavy (non-hydrogen) atoms. The third-order valence-electron chi connectivity index (χ3n) is 4.72. The standard InChI is InChI=1S/C21H23N3O3/c1-13-4-6-17(10-14(13)2)23-21(27)20(26)22-12-19(25)16-5-7-18-15(11-16)8-9-24(18)3/h4-11,19,25H,12H2,1-3H3,(H,22,26)(H,23,27). The highest BCUT2D eigenvalue weighted by Gasteiger charge is 2.16. The third kappa shape index (κ3) is 4.17. The van der Waals surface area contributed by atoms with E-state index in [0.717, 1.165) is 22.0 Å². The molecule has 2 aromatic carbocycles. The van der Waals surface area contributed by atoms with Gasteiger partial charge in [-0.3, -0.25) is 9.59 Å². The van der Waals surface area contributed by atoms with Gasteiger partial charge in [0.15, 0.2) is 0 Å². The van der Waals surface area contributed by atoms with Crippen LogP contribution in [0.25, 0.3) is 10.9 Å². The monoisotopic (exact) mass is 365 g/mol. The number of benzene rings is 2. The van der Waals surface area contributed by atoms with Crippen LogP contribution in [0, 0.1) is 13.8 Å². The first-order chi connectivity index (χ1) is 12.8. The highest BCUT2D eigenvalue weighted by atomic mass is 16.3. The van der Waals surface area contributed by atoms with Crippen molar-refractivity contribution in [1.29, 1.82) is 0 Å². The van der Waals surface area contributed by atoms with E-state index < -0.39 is 17.9 Å². The van der Waals surface area contributed by atoms with Gasteiger partial charge in [0.25, 0.3) is 0 Å². The Hall–Kier alpha value is -3.12. The molecule has 3 aromatic rings. The van der Waals surface area contributed by atoms with E-state index in [1.54, 1.807) is 6.07 Å². The quantitative estimate of drug-likeness (QED) is 0.622. The van der Waals surface area contributed by atoms with Crippen molar-refractivity contribution >= 4 is 28.4 Å². The number of nitrogens with zero attached hydrogens (tertiary/aromatic N) is 1. The summed E-state index contributed by atoms with van der Waals surface area (Å²) in [5, 5.41) is 16.4. The molecule has 0 bridgehead atoms. The zero-order chi connectivity index (χ0) is 19.6. The maximum Gasteiger partial charge on any atom is 0.313 e. The fourth-order valence-electron chi connectivity index (χ4n) is 2.90. The number of aliphatic hydroxyl groups is 1. The van der Waals surface area contributed by atoms with E-state index >= 15 is 0 Å². The van der Waals surface area contributed by atoms with Gasteiger partial charge in [0.1, 0.15) is 0 Å². The molecule has 1 heterocycles. The molecule has 0 saturated carbocycles. The van der Waals surface area contributed by atoms with Gasteiger partial charge in [-0.2, -0.15) is 0 Å². The van der Waals surface area contributed by atoms with Crippen molar-refractivity contribution in [3.63, 3.8) is 0 Å². The molecule has 1 atom stereocenters. The number of fused-ring (bicyclic) bond motifs is 1. The Morgan fingerprint density at radius 1 is 1.04 bits per heavy atom. The Bertz CT molecular complexity index is 1010. The molecule has 1 unspecified atom stereocenters. The average molecular weight is 365 g/mol. The molecule has 1 aromatic heterocycles. The lowest BCUT2D eigenvalue weighted by Gasteiger charge is -2.13. The van der Waals surface area contributed by atoms with E-state index in [1.165, 1.54) is 0 Å². The Morgan fingerprint density at radius 2 is 1.81 bits per heavy atom. The fourth-order valence-corrected chi connectivity index (χ4v) is 2.90. The number of hydrogen-bond acceptors (Lipinski definition) is 3. The number of rotatable bonds is 4. The number of aliphatic hydroxyl groups excluding tert-OH is 1. The van der Waals surface area contributed by atoms with Crippen molar-refractivity contribution in [2.45, 2.75) is 20.0 Å². The molecule has 0 spiro atoms. The maximum atomic E-state index is 12.0. The molecule has 0 saturated heterocycles. The average Bonchev–Trinajstić information content (AvgIpc) is 3.02. The topological polar surface area (TPSA) is 83.4 Å². The number of anilines is 1. The highest BCUT2D eigenvalue weighted by molar-refractivity contribution is 6.39. The van der Waals surface area contributed by atoms with Gasteiger partial charge in [0, 0.05) is 31.0 Å². The van der Waals surface area contributed by atoms with Crippen molar-refractivity contribution in [3.8, 4) is 0 Å². The van der Waals surface area contributed by atoms with Crippen molar-refractivity contribution in [3.05, 3.63) is 65.4 Å². The van der Waals surface area contributed by atoms with Crippen LogP contribution in [-0.4, -0.2) is 28.0 Å². The third-order valence-corrected chi connectivity index (χ3v) is 4.72. The van der Waals surface area contributed by atoms with E-state index in [-0.39, 0.29) is 6.54 Å². The van der Waals surface area contributed by atoms with Crippen LogP contribution in [0.3, 0.4) is 0 Å². The summed E-state index contributed by atoms with van der Waals surface area (Å²) in [6.45, 7) is 3.87. The van der Waals surface area contributed by atoms with Crippen LogP contribution < -0.4 is 10.6 Å². The minimum atomic E-state index is -0.895. The van der Waals surface area contributed by atoms with E-state index in [4.69, 9.17) is 0 Å². The second-order valence-electron chi connectivity index (χ2n) is 6.72. The highest BCUT2D eigenvalue weighted by Crippen LogP contribution is 2.21. The second-order valence-corrected chi connectivity index (χ2v) is 6.72. The van der Waals surface area contributed by atoms with E-state index in [2.05, 4.69) is 10.6 Å². The summed E-state index contributed by atoms with van der Waals surface area (Å²) in [6.07, 6.45) is 1.05. The zero-order valence-corrected chi connectivity index (χ0v) is 15.6. The zero-order valence-electron chi connectivity index (χ0n) is 15.6. The molecular formula is C21H23N3O3. The first-order valence-corrected chi connectivity index (χ1v) is 8.74. The van der Waals surface area contributed by atoms with Gasteiger partial charge in [-0.15, -0.1) is 0 Å². The van der Waals surface area contributed by atoms with Gasteiger partial charge in [-0.1, -0.05) is 12.1 Å². The van der Waals surface area contributed by atoms with Gasteiger partial charge in [-0.05, 0) is 66.3 Å². The first kappa shape index (κ1) is 18.7. The summed E-state index contributed by atoms with van der Waals surface area (Å²) in [5.41, 5.74) is 4.44. The Labute approximate surface area is 157 Å². The molecular weight excluding hydrogens is 342 g/mol. The van der Waals surface area contributed by atoms with Crippen LogP contribution in [0.2, 0.25) is 0 Å². The minimum absolute atomic E-state index is 0.0441. The summed E-state index contributed by atoms with van der Waals surface area (Å²) in [5.74, 6) is -1.54. The van der Waals surface area contributed by atoms with Crippen molar-refractivity contribution in [2.24, 2.45) is 7.05 Å². The molecule has 0 aliphatic heterocycles. The molecule has 0 fully saturated rings. The Morgan fingerprint density at radius 3 is 2.56 bits per heavy atom. The first-order valence-electron chi connectivity index (χ1n) is 8.74. The lowest BCUT2D eigenvalue weighted by Crippen LogP contribution is -2.37. The minimum Gasteiger partial charge on any atom is -0.387 e. The predicted molar refractivity (Wildman–Crippen MR) is 105 cm³/mol. The van der Waals surface area contributed by atoms with Gasteiger partial charge >= 0.3 is 11.8 Å². The summed E-state index contributed by atoms with van der Waals surface area (Å²) >= 11 is 0. The van der Waals surface area contributed by atoms with Crippen LogP contribution in [0.5, 0.6) is 0 Å². The van der Waals surface area contributed by atoms with E-state index in [0.29, 0.717) is 11.3 Å². The Balaban J connectivity index is 1.58. The number of carbonyl (C=O) groups is 2. The maximum absolute atomic E-state index is 12.0. The number of aryl methyl sites for hydroxylation is 3. The van der Waals surface area contributed by atoms with E-state index in [1.807, 2.05) is 68.1 Å². The number of amides is 2. The van der Waals surface area contributed by atoms with Crippen LogP contribution in [0.15, 0.2) is 48.7 Å². The predicted octanol–water partition coefficient (Wildman–Crippen LogP) is 2.58. The van der Waals surface area contributed by atoms with Crippen molar-refractivity contribution < 1.29 is 14.7 Å². The summed E-state index contributed by atoms with van der Waals surface area (Å²) in [6, 6.07) is 13.0. The smallest absolute Gasteiger partial charge is 0.313 e. The van der Waals surface area contributed by atoms with Gasteiger partial charge in [-0.25, -0.2) is 0 Å². The molecule has 2 amide bonds. The summed E-state index contributed by atoms with van der Waals surface area (Å²) in [4.78, 5) is 24.0. The fraction of sp³-hybridized carbons (Fsp3) is 0.238. The summed E-state index contributed by atoms with van der Waals surface area (Å²) < 4.78 is 1.99. The van der Waals surface area contributed by atoms with E-state index in [9.17, 15) is 14.7 Å². The molecule has 140 valence electrons. The molecule has 0 radical (unpaired) electrons. The number of nitrogens with one attached hydrogen (secondary N) is 2. The number of carbonyl (C=O) groups excluding carboxylic acids is 2. The van der Waals surface area contributed by atoms with Crippen LogP contribution >= 0.6 is 0 Å². The molecule has 3 N–H and O–H groups in total. The summed E-state index contributed by atoms with van der Waals surface area (Å²) in [7, 11) is 1.95. The molecule has 3 rings (SSSR count). The Kier molecular flexibility index (Phi) is 5.28. The number of hydrogen-bond donors (Lipinski definition) is 3. The van der Waals surface area contributed by atoms with Gasteiger partial charge in [0.05, 0.1) is 6.10 Å². The lowest BCUT2D eigenvalue weighted by molar-refractivity contribution is -0.136. The second kappa shape index (κ2) is 7.63. The molecule has 6 heteroatoms. The number of aromatic nitrogens is 1. The van der Waals surface area contributed by atoms with Crippen molar-refractivity contribution in [2.75, 3.05) is 11.9 Å². The van der Waals surface area contributed by atoms with Gasteiger partial charge in [0.2, 0.25) is 0 Å². The lowest BCUT2D eigenvalue weighted by atomic mass is 10.1. The van der Waals surface area contributed by atoms with Crippen molar-refractivity contribution in [1.82, 2.24) is 9.88 Å².